The molecule has 0 saturated heterocycles. The van der Waals surface area contributed by atoms with Crippen LogP contribution in [0.2, 0.25) is 0 Å². The molecule has 1 atom stereocenters. The second kappa shape index (κ2) is 9.07. The number of rotatable bonds is 9. The van der Waals surface area contributed by atoms with Crippen molar-refractivity contribution >= 4 is 28.6 Å². The van der Waals surface area contributed by atoms with E-state index in [1.807, 2.05) is 30.3 Å². The number of nitrogens with zero attached hydrogens (tertiary/aromatic N) is 3. The molecule has 1 aliphatic rings. The number of pyridine rings is 1. The zero-order valence-corrected chi connectivity index (χ0v) is 17.3. The van der Waals surface area contributed by atoms with E-state index in [1.54, 1.807) is 18.5 Å². The molecule has 0 radical (unpaired) electrons. The lowest BCUT2D eigenvalue weighted by molar-refractivity contribution is -0.149. The van der Waals surface area contributed by atoms with Crippen molar-refractivity contribution in [2.75, 3.05) is 0 Å². The maximum absolute atomic E-state index is 12.7. The smallest absolute Gasteiger partial charge is 0.328 e. The summed E-state index contributed by atoms with van der Waals surface area (Å²) in [5, 5.41) is 7.72. The van der Waals surface area contributed by atoms with Crippen LogP contribution >= 0.6 is 0 Å². The lowest BCUT2D eigenvalue weighted by Crippen LogP contribution is -2.43. The maximum Gasteiger partial charge on any atom is 0.328 e. The Balaban J connectivity index is 1.44. The second-order valence-electron chi connectivity index (χ2n) is 7.85. The molecule has 4 rings (SSSR count). The van der Waals surface area contributed by atoms with Gasteiger partial charge in [-0.15, -0.1) is 0 Å². The Kier molecular flexibility index (Phi) is 6.06. The predicted molar refractivity (Wildman–Crippen MR) is 113 cm³/mol. The summed E-state index contributed by atoms with van der Waals surface area (Å²) in [6, 6.07) is 10.4. The number of aromatic nitrogens is 3. The molecule has 0 spiro atoms. The molecule has 2 aromatic heterocycles. The van der Waals surface area contributed by atoms with E-state index < -0.39 is 12.0 Å². The van der Waals surface area contributed by atoms with Crippen LogP contribution in [-0.4, -0.2) is 38.5 Å². The van der Waals surface area contributed by atoms with Crippen LogP contribution in [-0.2, 0) is 27.5 Å². The van der Waals surface area contributed by atoms with Gasteiger partial charge in [-0.2, -0.15) is 5.10 Å². The SMILES string of the molecule is CC(=O)c1nn(CC(=O)N[C@@H](CC2CC2)C(=O)OCc2ccccc2)c2cnccc12. The summed E-state index contributed by atoms with van der Waals surface area (Å²) in [5.41, 5.74) is 1.77. The highest BCUT2D eigenvalue weighted by molar-refractivity contribution is 6.04. The molecule has 1 aliphatic carbocycles. The topological polar surface area (TPSA) is 103 Å². The van der Waals surface area contributed by atoms with Gasteiger partial charge in [0.05, 0.1) is 11.7 Å². The molecule has 0 aliphatic heterocycles. The summed E-state index contributed by atoms with van der Waals surface area (Å²) in [4.78, 5) is 41.4. The van der Waals surface area contributed by atoms with Crippen LogP contribution in [0.3, 0.4) is 0 Å². The van der Waals surface area contributed by atoms with Gasteiger partial charge in [-0.05, 0) is 24.0 Å². The normalized spacial score (nSPS) is 14.2. The highest BCUT2D eigenvalue weighted by Crippen LogP contribution is 2.33. The first-order valence-electron chi connectivity index (χ1n) is 10.3. The fourth-order valence-corrected chi connectivity index (χ4v) is 3.51. The lowest BCUT2D eigenvalue weighted by atomic mass is 10.1. The van der Waals surface area contributed by atoms with E-state index in [4.69, 9.17) is 4.74 Å². The van der Waals surface area contributed by atoms with Crippen LogP contribution in [0.25, 0.3) is 10.9 Å². The minimum atomic E-state index is -0.712. The van der Waals surface area contributed by atoms with Gasteiger partial charge in [-0.25, -0.2) is 4.79 Å². The monoisotopic (exact) mass is 420 g/mol. The average Bonchev–Trinajstić information content (AvgIpc) is 3.52. The summed E-state index contributed by atoms with van der Waals surface area (Å²) in [6.45, 7) is 1.47. The van der Waals surface area contributed by atoms with Gasteiger partial charge in [-0.3, -0.25) is 19.3 Å². The number of hydrogen-bond donors (Lipinski definition) is 1. The Hall–Kier alpha value is -3.55. The van der Waals surface area contributed by atoms with Crippen molar-refractivity contribution in [1.82, 2.24) is 20.1 Å². The van der Waals surface area contributed by atoms with Crippen LogP contribution in [0.1, 0.15) is 42.2 Å². The number of amides is 1. The molecular weight excluding hydrogens is 396 g/mol. The molecule has 31 heavy (non-hydrogen) atoms. The van der Waals surface area contributed by atoms with Gasteiger partial charge < -0.3 is 10.1 Å². The second-order valence-corrected chi connectivity index (χ2v) is 7.85. The summed E-state index contributed by atoms with van der Waals surface area (Å²) in [6.07, 6.45) is 5.80. The molecule has 2 heterocycles. The lowest BCUT2D eigenvalue weighted by Gasteiger charge is -2.18. The molecule has 1 aromatic carbocycles. The molecule has 1 amide bonds. The van der Waals surface area contributed by atoms with Gasteiger partial charge in [0.25, 0.3) is 0 Å². The van der Waals surface area contributed by atoms with E-state index >= 15 is 0 Å². The van der Waals surface area contributed by atoms with Crippen LogP contribution in [0.5, 0.6) is 0 Å². The third-order valence-corrected chi connectivity index (χ3v) is 5.29. The quantitative estimate of drug-likeness (QED) is 0.422. The number of carbonyl (C=O) groups excluding carboxylic acids is 3. The predicted octanol–water partition coefficient (Wildman–Crippen LogP) is 2.66. The Labute approximate surface area is 179 Å². The number of hydrogen-bond acceptors (Lipinski definition) is 6. The van der Waals surface area contributed by atoms with Crippen LogP contribution < -0.4 is 5.32 Å². The molecule has 160 valence electrons. The molecular formula is C23H24N4O4. The Bertz CT molecular complexity index is 1110. The molecule has 1 N–H and O–H groups in total. The number of benzene rings is 1. The summed E-state index contributed by atoms with van der Waals surface area (Å²) in [5.74, 6) is -0.578. The summed E-state index contributed by atoms with van der Waals surface area (Å²) in [7, 11) is 0. The van der Waals surface area contributed by atoms with E-state index in [1.165, 1.54) is 11.6 Å². The van der Waals surface area contributed by atoms with Gasteiger partial charge in [0, 0.05) is 18.5 Å². The minimum Gasteiger partial charge on any atom is -0.459 e. The maximum atomic E-state index is 12.7. The number of ether oxygens (including phenoxy) is 1. The van der Waals surface area contributed by atoms with Crippen molar-refractivity contribution in [1.29, 1.82) is 0 Å². The van der Waals surface area contributed by atoms with Crippen LogP contribution in [0.4, 0.5) is 0 Å². The fraction of sp³-hybridized carbons (Fsp3) is 0.348. The van der Waals surface area contributed by atoms with Gasteiger partial charge in [-0.1, -0.05) is 43.2 Å². The zero-order chi connectivity index (χ0) is 21.8. The van der Waals surface area contributed by atoms with E-state index in [0.717, 1.165) is 18.4 Å². The standard InChI is InChI=1S/C23H24N4O4/c1-15(28)22-18-9-10-24-12-20(18)27(26-22)13-21(29)25-19(11-16-7-8-16)23(30)31-14-17-5-3-2-4-6-17/h2-6,9-10,12,16,19H,7-8,11,13-14H2,1H3,(H,25,29)/t19-/m0/s1. The zero-order valence-electron chi connectivity index (χ0n) is 17.3. The molecule has 8 heteroatoms. The fourth-order valence-electron chi connectivity index (χ4n) is 3.51. The van der Waals surface area contributed by atoms with Gasteiger partial charge in [0.15, 0.2) is 5.78 Å². The highest BCUT2D eigenvalue weighted by Gasteiger charge is 2.31. The van der Waals surface area contributed by atoms with Crippen molar-refractivity contribution in [3.8, 4) is 0 Å². The van der Waals surface area contributed by atoms with Crippen molar-refractivity contribution < 1.29 is 19.1 Å². The number of nitrogens with one attached hydrogen (secondary N) is 1. The first-order chi connectivity index (χ1) is 15.0. The van der Waals surface area contributed by atoms with Crippen molar-refractivity contribution in [2.45, 2.75) is 45.4 Å². The third kappa shape index (κ3) is 5.14. The number of carbonyl (C=O) groups is 3. The largest absolute Gasteiger partial charge is 0.459 e. The minimum absolute atomic E-state index is 0.122. The number of ketones is 1. The molecule has 1 saturated carbocycles. The van der Waals surface area contributed by atoms with E-state index in [9.17, 15) is 14.4 Å². The molecule has 0 unspecified atom stereocenters. The van der Waals surface area contributed by atoms with Crippen molar-refractivity contribution in [3.05, 3.63) is 60.0 Å². The van der Waals surface area contributed by atoms with E-state index in [0.29, 0.717) is 28.9 Å². The Morgan fingerprint density at radius 2 is 1.97 bits per heavy atom. The summed E-state index contributed by atoms with van der Waals surface area (Å²) >= 11 is 0. The van der Waals surface area contributed by atoms with Crippen LogP contribution in [0.15, 0.2) is 48.8 Å². The van der Waals surface area contributed by atoms with Crippen molar-refractivity contribution in [2.24, 2.45) is 5.92 Å². The molecule has 1 fully saturated rings. The number of esters is 1. The van der Waals surface area contributed by atoms with Crippen molar-refractivity contribution in [3.63, 3.8) is 0 Å². The third-order valence-electron chi connectivity index (χ3n) is 5.29. The Morgan fingerprint density at radius 1 is 1.19 bits per heavy atom. The summed E-state index contributed by atoms with van der Waals surface area (Å²) < 4.78 is 6.89. The van der Waals surface area contributed by atoms with Gasteiger partial charge in [0.1, 0.15) is 24.9 Å². The molecule has 8 nitrogen and oxygen atoms in total. The number of Topliss-reactive ketones (excluding diaryl/α,β-unsaturated/α-hetero) is 1. The Morgan fingerprint density at radius 3 is 2.68 bits per heavy atom. The van der Waals surface area contributed by atoms with Gasteiger partial charge in [0.2, 0.25) is 5.91 Å². The number of fused-ring (bicyclic) bond motifs is 1. The molecule has 3 aromatic rings. The highest BCUT2D eigenvalue weighted by atomic mass is 16.5. The van der Waals surface area contributed by atoms with E-state index in [-0.39, 0.29) is 24.8 Å². The van der Waals surface area contributed by atoms with Crippen LogP contribution in [0, 0.1) is 5.92 Å². The molecule has 0 bridgehead atoms. The first kappa shape index (κ1) is 20.7. The average molecular weight is 420 g/mol. The first-order valence-corrected chi connectivity index (χ1v) is 10.3. The van der Waals surface area contributed by atoms with E-state index in [2.05, 4.69) is 15.4 Å². The van der Waals surface area contributed by atoms with Gasteiger partial charge >= 0.3 is 5.97 Å².